The Labute approximate surface area is 178 Å². The predicted molar refractivity (Wildman–Crippen MR) is 117 cm³/mol. The van der Waals surface area contributed by atoms with Gasteiger partial charge in [-0.1, -0.05) is 30.7 Å². The Morgan fingerprint density at radius 2 is 1.83 bits per heavy atom. The van der Waals surface area contributed by atoms with Crippen LogP contribution in [-0.4, -0.2) is 28.1 Å². The minimum Gasteiger partial charge on any atom is -0.478 e. The van der Waals surface area contributed by atoms with Crippen LogP contribution in [0.2, 0.25) is 5.02 Å². The minimum atomic E-state index is -1.20. The highest BCUT2D eigenvalue weighted by Crippen LogP contribution is 2.29. The lowest BCUT2D eigenvalue weighted by atomic mass is 10.2. The van der Waals surface area contributed by atoms with Crippen molar-refractivity contribution in [2.75, 3.05) is 10.6 Å². The number of hydrogen-bond donors (Lipinski definition) is 3. The van der Waals surface area contributed by atoms with E-state index in [9.17, 15) is 14.4 Å². The standard InChI is InChI=1S/C21H21ClN2O4S/c1-3-18(21(28)24-15-8-7-13(2)17(22)12-15)29-16-6-4-5-14(11-16)23-19(25)9-10-20(26)27/h4-12,18H,3H2,1-2H3,(H,23,25)(H,24,28)(H,26,27)/b10-9+. The molecule has 3 N–H and O–H groups in total. The number of carboxylic acid groups (broad SMARTS) is 1. The second-order valence-electron chi connectivity index (χ2n) is 6.16. The van der Waals surface area contributed by atoms with Crippen molar-refractivity contribution in [3.8, 4) is 0 Å². The van der Waals surface area contributed by atoms with Crippen molar-refractivity contribution in [3.63, 3.8) is 0 Å². The number of hydrogen-bond acceptors (Lipinski definition) is 4. The van der Waals surface area contributed by atoms with Crippen molar-refractivity contribution >= 4 is 52.5 Å². The number of rotatable bonds is 8. The molecule has 29 heavy (non-hydrogen) atoms. The lowest BCUT2D eigenvalue weighted by molar-refractivity contribution is -0.131. The van der Waals surface area contributed by atoms with E-state index in [0.29, 0.717) is 22.8 Å². The van der Waals surface area contributed by atoms with E-state index in [1.165, 1.54) is 11.8 Å². The van der Waals surface area contributed by atoms with Crippen molar-refractivity contribution in [2.24, 2.45) is 0 Å². The van der Waals surface area contributed by atoms with E-state index >= 15 is 0 Å². The number of benzene rings is 2. The topological polar surface area (TPSA) is 95.5 Å². The maximum atomic E-state index is 12.6. The van der Waals surface area contributed by atoms with Crippen LogP contribution in [-0.2, 0) is 14.4 Å². The summed E-state index contributed by atoms with van der Waals surface area (Å²) in [4.78, 5) is 35.7. The molecule has 8 heteroatoms. The van der Waals surface area contributed by atoms with Crippen LogP contribution in [0.3, 0.4) is 0 Å². The highest BCUT2D eigenvalue weighted by atomic mass is 35.5. The van der Waals surface area contributed by atoms with Crippen LogP contribution in [0.15, 0.2) is 59.5 Å². The van der Waals surface area contributed by atoms with Crippen molar-refractivity contribution in [3.05, 3.63) is 65.2 Å². The van der Waals surface area contributed by atoms with E-state index in [0.717, 1.165) is 22.6 Å². The zero-order chi connectivity index (χ0) is 21.4. The summed E-state index contributed by atoms with van der Waals surface area (Å²) < 4.78 is 0. The molecule has 6 nitrogen and oxygen atoms in total. The summed E-state index contributed by atoms with van der Waals surface area (Å²) in [7, 11) is 0. The summed E-state index contributed by atoms with van der Waals surface area (Å²) in [6.07, 6.45) is 2.31. The Balaban J connectivity index is 2.04. The average molecular weight is 433 g/mol. The van der Waals surface area contributed by atoms with Crippen molar-refractivity contribution in [2.45, 2.75) is 30.4 Å². The monoisotopic (exact) mass is 432 g/mol. The second kappa shape index (κ2) is 10.7. The van der Waals surface area contributed by atoms with Gasteiger partial charge in [0.05, 0.1) is 5.25 Å². The van der Waals surface area contributed by atoms with Crippen LogP contribution in [0.1, 0.15) is 18.9 Å². The van der Waals surface area contributed by atoms with Gasteiger partial charge < -0.3 is 15.7 Å². The van der Waals surface area contributed by atoms with E-state index in [1.54, 1.807) is 30.3 Å². The molecule has 0 saturated heterocycles. The third-order valence-corrected chi connectivity index (χ3v) is 5.63. The molecule has 2 aromatic rings. The van der Waals surface area contributed by atoms with E-state index in [4.69, 9.17) is 16.7 Å². The normalized spacial score (nSPS) is 11.8. The van der Waals surface area contributed by atoms with Crippen LogP contribution in [0, 0.1) is 6.92 Å². The molecule has 0 aliphatic rings. The van der Waals surface area contributed by atoms with Crippen LogP contribution in [0.4, 0.5) is 11.4 Å². The fraction of sp³-hybridized carbons (Fsp3) is 0.190. The third kappa shape index (κ3) is 7.29. The molecule has 0 saturated carbocycles. The van der Waals surface area contributed by atoms with Crippen LogP contribution in [0.5, 0.6) is 0 Å². The Hall–Kier alpha value is -2.77. The van der Waals surface area contributed by atoms with Crippen LogP contribution in [0.25, 0.3) is 0 Å². The maximum absolute atomic E-state index is 12.6. The number of thioether (sulfide) groups is 1. The number of aryl methyl sites for hydroxylation is 1. The van der Waals surface area contributed by atoms with E-state index in [2.05, 4.69) is 10.6 Å². The summed E-state index contributed by atoms with van der Waals surface area (Å²) in [5, 5.41) is 14.3. The highest BCUT2D eigenvalue weighted by Gasteiger charge is 2.18. The van der Waals surface area contributed by atoms with Gasteiger partial charge in [0.25, 0.3) is 0 Å². The Bertz CT molecular complexity index is 946. The Kier molecular flexibility index (Phi) is 8.30. The van der Waals surface area contributed by atoms with Crippen molar-refractivity contribution < 1.29 is 19.5 Å². The van der Waals surface area contributed by atoms with Gasteiger partial charge in [-0.3, -0.25) is 9.59 Å². The van der Waals surface area contributed by atoms with Crippen LogP contribution >= 0.6 is 23.4 Å². The quantitative estimate of drug-likeness (QED) is 0.413. The molecule has 0 bridgehead atoms. The Morgan fingerprint density at radius 3 is 2.48 bits per heavy atom. The zero-order valence-electron chi connectivity index (χ0n) is 15.9. The first-order valence-electron chi connectivity index (χ1n) is 8.84. The lowest BCUT2D eigenvalue weighted by Crippen LogP contribution is -2.24. The SMILES string of the molecule is CCC(Sc1cccc(NC(=O)/C=C/C(=O)O)c1)C(=O)Nc1ccc(C)c(Cl)c1. The largest absolute Gasteiger partial charge is 0.478 e. The minimum absolute atomic E-state index is 0.142. The van der Waals surface area contributed by atoms with Gasteiger partial charge in [-0.05, 0) is 49.2 Å². The van der Waals surface area contributed by atoms with Gasteiger partial charge in [0.2, 0.25) is 11.8 Å². The summed E-state index contributed by atoms with van der Waals surface area (Å²) >= 11 is 7.49. The van der Waals surface area contributed by atoms with E-state index in [1.807, 2.05) is 26.0 Å². The number of aliphatic carboxylic acids is 1. The first kappa shape index (κ1) is 22.5. The summed E-state index contributed by atoms with van der Waals surface area (Å²) in [6, 6.07) is 12.4. The molecule has 0 heterocycles. The summed E-state index contributed by atoms with van der Waals surface area (Å²) in [5.41, 5.74) is 2.08. The number of carboxylic acids is 1. The molecule has 0 fully saturated rings. The highest BCUT2D eigenvalue weighted by molar-refractivity contribution is 8.00. The molecule has 152 valence electrons. The molecule has 0 aliphatic carbocycles. The molecule has 0 aliphatic heterocycles. The van der Waals surface area contributed by atoms with Crippen molar-refractivity contribution in [1.82, 2.24) is 0 Å². The van der Waals surface area contributed by atoms with E-state index < -0.39 is 11.9 Å². The zero-order valence-corrected chi connectivity index (χ0v) is 17.5. The van der Waals surface area contributed by atoms with Gasteiger partial charge in [-0.2, -0.15) is 0 Å². The molecule has 0 aromatic heterocycles. The summed E-state index contributed by atoms with van der Waals surface area (Å²) in [5.74, 6) is -1.89. The number of halogens is 1. The smallest absolute Gasteiger partial charge is 0.328 e. The number of carbonyl (C=O) groups excluding carboxylic acids is 2. The number of carbonyl (C=O) groups is 3. The molecule has 2 rings (SSSR count). The van der Waals surface area contributed by atoms with Crippen LogP contribution < -0.4 is 10.6 Å². The van der Waals surface area contributed by atoms with Gasteiger partial charge in [0, 0.05) is 33.4 Å². The number of nitrogens with one attached hydrogen (secondary N) is 2. The molecule has 0 radical (unpaired) electrons. The molecule has 0 spiro atoms. The molecule has 1 unspecified atom stereocenters. The molecule has 2 amide bonds. The number of amides is 2. The molecule has 2 aromatic carbocycles. The fourth-order valence-electron chi connectivity index (χ4n) is 2.36. The predicted octanol–water partition coefficient (Wildman–Crippen LogP) is 4.74. The summed E-state index contributed by atoms with van der Waals surface area (Å²) in [6.45, 7) is 3.81. The first-order chi connectivity index (χ1) is 13.8. The number of anilines is 2. The van der Waals surface area contributed by atoms with Gasteiger partial charge in [-0.25, -0.2) is 4.79 Å². The van der Waals surface area contributed by atoms with Gasteiger partial charge in [0.15, 0.2) is 0 Å². The maximum Gasteiger partial charge on any atom is 0.328 e. The average Bonchev–Trinajstić information content (AvgIpc) is 2.67. The first-order valence-corrected chi connectivity index (χ1v) is 10.1. The second-order valence-corrected chi connectivity index (χ2v) is 7.84. The lowest BCUT2D eigenvalue weighted by Gasteiger charge is -2.16. The fourth-order valence-corrected chi connectivity index (χ4v) is 3.55. The third-order valence-electron chi connectivity index (χ3n) is 3.86. The van der Waals surface area contributed by atoms with Gasteiger partial charge in [-0.15, -0.1) is 11.8 Å². The molecular weight excluding hydrogens is 412 g/mol. The van der Waals surface area contributed by atoms with E-state index in [-0.39, 0.29) is 11.2 Å². The van der Waals surface area contributed by atoms with Gasteiger partial charge >= 0.3 is 5.97 Å². The van der Waals surface area contributed by atoms with Gasteiger partial charge in [0.1, 0.15) is 0 Å². The van der Waals surface area contributed by atoms with Crippen molar-refractivity contribution in [1.29, 1.82) is 0 Å². The molecule has 1 atom stereocenters. The molecular formula is C21H21ClN2O4S. The Morgan fingerprint density at radius 1 is 1.10 bits per heavy atom.